The molecule has 0 unspecified atom stereocenters. The summed E-state index contributed by atoms with van der Waals surface area (Å²) in [6.07, 6.45) is 6.22. The Bertz CT molecular complexity index is 582. The summed E-state index contributed by atoms with van der Waals surface area (Å²) in [5.41, 5.74) is 0. The first-order valence-electron chi connectivity index (χ1n) is 13.0. The van der Waals surface area contributed by atoms with Crippen molar-refractivity contribution in [2.75, 3.05) is 0 Å². The molecule has 10 atom stereocenters. The second-order valence-corrected chi connectivity index (χ2v) is 10.4. The van der Waals surface area contributed by atoms with Crippen LogP contribution in [0.25, 0.3) is 0 Å². The first-order valence-corrected chi connectivity index (χ1v) is 13.0. The molecule has 0 spiro atoms. The molecule has 6 nitrogen and oxygen atoms in total. The van der Waals surface area contributed by atoms with Gasteiger partial charge in [0.05, 0.1) is 36.3 Å². The molecule has 3 aliphatic rings. The van der Waals surface area contributed by atoms with E-state index in [9.17, 15) is 9.59 Å². The Kier molecular flexibility index (Phi) is 9.02. The van der Waals surface area contributed by atoms with Gasteiger partial charge >= 0.3 is 11.9 Å². The quantitative estimate of drug-likeness (QED) is 0.555. The maximum Gasteiger partial charge on any atom is 0.311 e. The average molecular weight is 453 g/mol. The largest absolute Gasteiger partial charge is 0.462 e. The molecule has 0 aromatic heterocycles. The Balaban J connectivity index is 1.85. The SMILES string of the molecule is CCC[C@@H]1OC(=O)[C@@H](C)[C@H]2CC[C@H](O2)[C@@H](C)[C@H](CCC)OC(=O)[C@@H](C)[C@H]2CC[C@H](O2)[C@H]1C. The zero-order valence-electron chi connectivity index (χ0n) is 20.9. The van der Waals surface area contributed by atoms with Gasteiger partial charge in [-0.05, 0) is 52.4 Å². The van der Waals surface area contributed by atoms with E-state index >= 15 is 0 Å². The Morgan fingerprint density at radius 3 is 1.31 bits per heavy atom. The molecule has 184 valence electrons. The minimum atomic E-state index is -0.309. The van der Waals surface area contributed by atoms with Gasteiger partial charge in [-0.3, -0.25) is 9.59 Å². The summed E-state index contributed by atoms with van der Waals surface area (Å²) in [5.74, 6) is -0.790. The number of ether oxygens (including phenoxy) is 4. The van der Waals surface area contributed by atoms with Crippen LogP contribution in [0.5, 0.6) is 0 Å². The topological polar surface area (TPSA) is 71.1 Å². The molecular formula is C26H44O6. The highest BCUT2D eigenvalue weighted by molar-refractivity contribution is 5.73. The van der Waals surface area contributed by atoms with Crippen LogP contribution in [-0.4, -0.2) is 48.6 Å². The first kappa shape index (κ1) is 25.5. The van der Waals surface area contributed by atoms with E-state index in [1.807, 2.05) is 13.8 Å². The fourth-order valence-electron chi connectivity index (χ4n) is 5.61. The number of esters is 2. The van der Waals surface area contributed by atoms with Crippen molar-refractivity contribution in [3.05, 3.63) is 0 Å². The predicted octanol–water partition coefficient (Wildman–Crippen LogP) is 5.06. The number of fused-ring (bicyclic) bond motifs is 4. The summed E-state index contributed by atoms with van der Waals surface area (Å²) in [7, 11) is 0. The van der Waals surface area contributed by atoms with Gasteiger partial charge in [0.25, 0.3) is 0 Å². The zero-order chi connectivity index (χ0) is 23.4. The van der Waals surface area contributed by atoms with Crippen molar-refractivity contribution in [1.82, 2.24) is 0 Å². The molecule has 0 amide bonds. The van der Waals surface area contributed by atoms with Crippen molar-refractivity contribution in [2.24, 2.45) is 23.7 Å². The summed E-state index contributed by atoms with van der Waals surface area (Å²) < 4.78 is 24.8. The molecule has 0 aromatic carbocycles. The van der Waals surface area contributed by atoms with Crippen molar-refractivity contribution in [3.8, 4) is 0 Å². The summed E-state index contributed by atoms with van der Waals surface area (Å²) in [6, 6.07) is 0. The number of hydrogen-bond donors (Lipinski definition) is 0. The molecule has 0 saturated carbocycles. The fourth-order valence-corrected chi connectivity index (χ4v) is 5.61. The van der Waals surface area contributed by atoms with Gasteiger partial charge in [-0.25, -0.2) is 0 Å². The van der Waals surface area contributed by atoms with E-state index in [0.717, 1.165) is 51.4 Å². The Hall–Kier alpha value is -1.14. The summed E-state index contributed by atoms with van der Waals surface area (Å²) in [6.45, 7) is 12.3. The number of carbonyl (C=O) groups is 2. The molecule has 3 heterocycles. The summed E-state index contributed by atoms with van der Waals surface area (Å²) >= 11 is 0. The maximum atomic E-state index is 13.1. The molecule has 3 fully saturated rings. The highest BCUT2D eigenvalue weighted by atomic mass is 16.6. The number of cyclic esters (lactones) is 2. The van der Waals surface area contributed by atoms with Crippen LogP contribution in [0.1, 0.15) is 92.9 Å². The van der Waals surface area contributed by atoms with E-state index in [0.29, 0.717) is 0 Å². The monoisotopic (exact) mass is 452 g/mol. The second-order valence-electron chi connectivity index (χ2n) is 10.4. The normalized spacial score (nSPS) is 43.7. The smallest absolute Gasteiger partial charge is 0.311 e. The zero-order valence-corrected chi connectivity index (χ0v) is 20.9. The first-order chi connectivity index (χ1) is 15.3. The van der Waals surface area contributed by atoms with Gasteiger partial charge in [0.15, 0.2) is 0 Å². The molecule has 32 heavy (non-hydrogen) atoms. The molecule has 3 saturated heterocycles. The molecule has 3 aliphatic heterocycles. The molecule has 0 aliphatic carbocycles. The van der Waals surface area contributed by atoms with Crippen LogP contribution in [0.3, 0.4) is 0 Å². The molecule has 0 radical (unpaired) electrons. The van der Waals surface area contributed by atoms with Crippen molar-refractivity contribution < 1.29 is 28.5 Å². The van der Waals surface area contributed by atoms with Crippen LogP contribution in [-0.2, 0) is 28.5 Å². The Labute approximate surface area is 194 Å². The average Bonchev–Trinajstić information content (AvgIpc) is 3.46. The molecule has 0 aromatic rings. The lowest BCUT2D eigenvalue weighted by Crippen LogP contribution is -2.40. The van der Waals surface area contributed by atoms with Crippen LogP contribution in [0, 0.1) is 23.7 Å². The minimum absolute atomic E-state index is 0.0136. The Morgan fingerprint density at radius 2 is 0.969 bits per heavy atom. The minimum Gasteiger partial charge on any atom is -0.462 e. The summed E-state index contributed by atoms with van der Waals surface area (Å²) in [4.78, 5) is 26.1. The molecular weight excluding hydrogens is 408 g/mol. The van der Waals surface area contributed by atoms with Gasteiger partial charge in [-0.15, -0.1) is 0 Å². The molecule has 4 bridgehead atoms. The van der Waals surface area contributed by atoms with E-state index < -0.39 is 0 Å². The standard InChI is InChI=1S/C26H44O6/c1-7-9-19-15(3)21-11-13-24(29-21)18(6)26(28)32-20(10-8-2)16(4)22-12-14-23(30-22)17(5)25(27)31-19/h15-24H,7-14H2,1-6H3/t15-,16-,17-,18-,19-,20-,21-,22-,23+,24+/m0/s1. The molecule has 6 heteroatoms. The van der Waals surface area contributed by atoms with Crippen LogP contribution in [0.4, 0.5) is 0 Å². The van der Waals surface area contributed by atoms with E-state index in [1.165, 1.54) is 0 Å². The van der Waals surface area contributed by atoms with Crippen molar-refractivity contribution in [1.29, 1.82) is 0 Å². The van der Waals surface area contributed by atoms with Crippen molar-refractivity contribution in [2.45, 2.75) is 130 Å². The maximum absolute atomic E-state index is 13.1. The third-order valence-corrected chi connectivity index (χ3v) is 8.06. The number of rotatable bonds is 4. The van der Waals surface area contributed by atoms with Crippen LogP contribution < -0.4 is 0 Å². The lowest BCUT2D eigenvalue weighted by Gasteiger charge is -2.33. The number of carbonyl (C=O) groups excluding carboxylic acids is 2. The van der Waals surface area contributed by atoms with Crippen LogP contribution >= 0.6 is 0 Å². The van der Waals surface area contributed by atoms with Crippen molar-refractivity contribution in [3.63, 3.8) is 0 Å². The van der Waals surface area contributed by atoms with Gasteiger partial charge in [0.2, 0.25) is 0 Å². The summed E-state index contributed by atoms with van der Waals surface area (Å²) in [5, 5.41) is 0. The Morgan fingerprint density at radius 1 is 0.625 bits per heavy atom. The van der Waals surface area contributed by atoms with E-state index in [-0.39, 0.29) is 72.2 Å². The second kappa shape index (κ2) is 11.3. The third-order valence-electron chi connectivity index (χ3n) is 8.06. The van der Waals surface area contributed by atoms with Crippen LogP contribution in [0.15, 0.2) is 0 Å². The third kappa shape index (κ3) is 5.67. The highest BCUT2D eigenvalue weighted by Gasteiger charge is 2.43. The number of hydrogen-bond acceptors (Lipinski definition) is 6. The van der Waals surface area contributed by atoms with Crippen LogP contribution in [0.2, 0.25) is 0 Å². The van der Waals surface area contributed by atoms with Gasteiger partial charge in [0, 0.05) is 11.8 Å². The van der Waals surface area contributed by atoms with Gasteiger partial charge in [0.1, 0.15) is 12.2 Å². The highest BCUT2D eigenvalue weighted by Crippen LogP contribution is 2.37. The fraction of sp³-hybridized carbons (Fsp3) is 0.923. The van der Waals surface area contributed by atoms with Gasteiger partial charge in [-0.1, -0.05) is 40.5 Å². The van der Waals surface area contributed by atoms with E-state index in [1.54, 1.807) is 0 Å². The predicted molar refractivity (Wildman–Crippen MR) is 122 cm³/mol. The van der Waals surface area contributed by atoms with Crippen molar-refractivity contribution >= 4 is 11.9 Å². The van der Waals surface area contributed by atoms with Gasteiger partial charge < -0.3 is 18.9 Å². The van der Waals surface area contributed by atoms with E-state index in [4.69, 9.17) is 18.9 Å². The van der Waals surface area contributed by atoms with Gasteiger partial charge in [-0.2, -0.15) is 0 Å². The molecule has 3 rings (SSSR count). The van der Waals surface area contributed by atoms with E-state index in [2.05, 4.69) is 27.7 Å². The lowest BCUT2D eigenvalue weighted by molar-refractivity contribution is -0.171. The molecule has 0 N–H and O–H groups in total. The lowest BCUT2D eigenvalue weighted by atomic mass is 9.91.